The van der Waals surface area contributed by atoms with Crippen molar-refractivity contribution < 1.29 is 9.53 Å². The van der Waals surface area contributed by atoms with Crippen LogP contribution in [0.25, 0.3) is 5.69 Å². The fraction of sp³-hybridized carbons (Fsp3) is 0.400. The van der Waals surface area contributed by atoms with Crippen LogP contribution in [-0.2, 0) is 12.3 Å². The minimum absolute atomic E-state index is 0.147. The second-order valence-corrected chi connectivity index (χ2v) is 9.31. The third-order valence-electron chi connectivity index (χ3n) is 5.84. The molecule has 0 spiro atoms. The minimum Gasteiger partial charge on any atom is -0.497 e. The monoisotopic (exact) mass is 465 g/mol. The van der Waals surface area contributed by atoms with Gasteiger partial charge in [0.2, 0.25) is 0 Å². The zero-order valence-corrected chi connectivity index (χ0v) is 20.0. The molecule has 0 radical (unpaired) electrons. The fourth-order valence-corrected chi connectivity index (χ4v) is 4.93. The summed E-state index contributed by atoms with van der Waals surface area (Å²) in [7, 11) is 1.67. The number of methoxy groups -OCH3 is 1. The molecule has 2 aromatic carbocycles. The summed E-state index contributed by atoms with van der Waals surface area (Å²) in [5.74, 6) is 2.27. The van der Waals surface area contributed by atoms with Gasteiger partial charge in [-0.1, -0.05) is 60.9 Å². The van der Waals surface area contributed by atoms with Crippen LogP contribution < -0.4 is 15.4 Å². The van der Waals surface area contributed by atoms with Crippen LogP contribution in [0, 0.1) is 6.92 Å². The highest BCUT2D eigenvalue weighted by Gasteiger charge is 2.18. The number of nitrogens with one attached hydrogen (secondary N) is 2. The Morgan fingerprint density at radius 2 is 1.91 bits per heavy atom. The first-order chi connectivity index (χ1) is 16.1. The molecular weight excluding hydrogens is 434 g/mol. The number of thioether (sulfide) groups is 1. The van der Waals surface area contributed by atoms with Crippen molar-refractivity contribution in [2.75, 3.05) is 7.11 Å². The highest BCUT2D eigenvalue weighted by atomic mass is 32.2. The zero-order chi connectivity index (χ0) is 23.0. The summed E-state index contributed by atoms with van der Waals surface area (Å²) in [5, 5.41) is 15.7. The summed E-state index contributed by atoms with van der Waals surface area (Å²) in [6.45, 7) is 2.37. The number of carbonyl (C=O) groups is 1. The molecule has 8 heteroatoms. The number of benzene rings is 2. The fourth-order valence-electron chi connectivity index (χ4n) is 4.01. The van der Waals surface area contributed by atoms with E-state index in [0.717, 1.165) is 40.8 Å². The predicted molar refractivity (Wildman–Crippen MR) is 131 cm³/mol. The molecule has 0 unspecified atom stereocenters. The Morgan fingerprint density at radius 1 is 1.12 bits per heavy atom. The third-order valence-corrected chi connectivity index (χ3v) is 6.84. The van der Waals surface area contributed by atoms with Gasteiger partial charge in [0.25, 0.3) is 0 Å². The van der Waals surface area contributed by atoms with Crippen molar-refractivity contribution in [3.8, 4) is 11.4 Å². The number of aryl methyl sites for hydroxylation is 1. The Hall–Kier alpha value is -3.00. The number of urea groups is 1. The average molecular weight is 466 g/mol. The first kappa shape index (κ1) is 23.2. The number of aromatic nitrogens is 3. The molecule has 0 bridgehead atoms. The minimum atomic E-state index is -0.147. The van der Waals surface area contributed by atoms with Gasteiger partial charge < -0.3 is 15.4 Å². The molecule has 2 N–H and O–H groups in total. The van der Waals surface area contributed by atoms with Gasteiger partial charge in [0.1, 0.15) is 5.75 Å². The average Bonchev–Trinajstić information content (AvgIpc) is 3.25. The van der Waals surface area contributed by atoms with Gasteiger partial charge >= 0.3 is 6.03 Å². The molecule has 1 heterocycles. The number of amides is 2. The van der Waals surface area contributed by atoms with Gasteiger partial charge in [-0.05, 0) is 49.6 Å². The predicted octanol–water partition coefficient (Wildman–Crippen LogP) is 5.01. The molecule has 33 heavy (non-hydrogen) atoms. The van der Waals surface area contributed by atoms with Crippen LogP contribution in [0.5, 0.6) is 5.75 Å². The first-order valence-electron chi connectivity index (χ1n) is 11.4. The largest absolute Gasteiger partial charge is 0.497 e. The van der Waals surface area contributed by atoms with Crippen molar-refractivity contribution in [2.45, 2.75) is 62.5 Å². The highest BCUT2D eigenvalue weighted by molar-refractivity contribution is 7.98. The highest BCUT2D eigenvalue weighted by Crippen LogP contribution is 2.27. The van der Waals surface area contributed by atoms with Crippen LogP contribution in [0.3, 0.4) is 0 Å². The number of carbonyl (C=O) groups excluding carboxylic acids is 1. The Balaban J connectivity index is 1.48. The van der Waals surface area contributed by atoms with Crippen LogP contribution in [0.2, 0.25) is 0 Å². The van der Waals surface area contributed by atoms with Crippen molar-refractivity contribution in [2.24, 2.45) is 0 Å². The molecular formula is C25H31N5O2S. The first-order valence-corrected chi connectivity index (χ1v) is 12.4. The lowest BCUT2D eigenvalue weighted by molar-refractivity contribution is 0.232. The summed E-state index contributed by atoms with van der Waals surface area (Å²) in [6, 6.07) is 16.4. The Kier molecular flexibility index (Phi) is 7.88. The van der Waals surface area contributed by atoms with Crippen LogP contribution in [-0.4, -0.2) is 33.9 Å². The van der Waals surface area contributed by atoms with Crippen molar-refractivity contribution in [1.82, 2.24) is 25.4 Å². The van der Waals surface area contributed by atoms with Gasteiger partial charge in [-0.25, -0.2) is 4.79 Å². The van der Waals surface area contributed by atoms with Crippen LogP contribution in [0.4, 0.5) is 4.79 Å². The van der Waals surface area contributed by atoms with Crippen molar-refractivity contribution >= 4 is 17.8 Å². The molecule has 3 aromatic rings. The number of ether oxygens (including phenoxy) is 1. The topological polar surface area (TPSA) is 81.1 Å². The maximum atomic E-state index is 12.5. The van der Waals surface area contributed by atoms with E-state index in [1.165, 1.54) is 24.8 Å². The number of hydrogen-bond donors (Lipinski definition) is 2. The molecule has 0 aliphatic heterocycles. The molecule has 0 saturated heterocycles. The van der Waals surface area contributed by atoms with E-state index in [0.29, 0.717) is 12.4 Å². The van der Waals surface area contributed by atoms with E-state index < -0.39 is 0 Å². The molecule has 1 aliphatic carbocycles. The molecule has 1 fully saturated rings. The SMILES string of the molecule is COc1cccc(CSc2nnc(CNC(=O)NC3CCCCC3)n2-c2ccc(C)cc2)c1. The van der Waals surface area contributed by atoms with Gasteiger partial charge in [-0.3, -0.25) is 4.57 Å². The van der Waals surface area contributed by atoms with E-state index >= 15 is 0 Å². The molecule has 4 rings (SSSR count). The lowest BCUT2D eigenvalue weighted by atomic mass is 9.96. The molecule has 0 atom stereocenters. The Labute approximate surface area is 199 Å². The summed E-state index contributed by atoms with van der Waals surface area (Å²) in [6.07, 6.45) is 5.73. The van der Waals surface area contributed by atoms with E-state index in [-0.39, 0.29) is 12.1 Å². The number of rotatable bonds is 8. The van der Waals surface area contributed by atoms with E-state index in [1.807, 2.05) is 22.8 Å². The molecule has 1 aliphatic rings. The van der Waals surface area contributed by atoms with Crippen molar-refractivity contribution in [3.63, 3.8) is 0 Å². The second kappa shape index (κ2) is 11.2. The maximum Gasteiger partial charge on any atom is 0.315 e. The molecule has 174 valence electrons. The summed E-state index contributed by atoms with van der Waals surface area (Å²) >= 11 is 1.61. The molecule has 2 amide bonds. The standard InChI is InChI=1S/C25H31N5O2S/c1-18-11-13-21(14-12-18)30-23(16-26-24(31)27-20-8-4-3-5-9-20)28-29-25(30)33-17-19-7-6-10-22(15-19)32-2/h6-7,10-15,20H,3-5,8-9,16-17H2,1-2H3,(H2,26,27,31). The van der Waals surface area contributed by atoms with E-state index in [4.69, 9.17) is 4.74 Å². The van der Waals surface area contributed by atoms with Crippen LogP contribution in [0.15, 0.2) is 53.7 Å². The summed E-state index contributed by atoms with van der Waals surface area (Å²) < 4.78 is 7.35. The van der Waals surface area contributed by atoms with E-state index in [1.54, 1.807) is 18.9 Å². The smallest absolute Gasteiger partial charge is 0.315 e. The van der Waals surface area contributed by atoms with Gasteiger partial charge in [0, 0.05) is 17.5 Å². The van der Waals surface area contributed by atoms with Gasteiger partial charge in [-0.15, -0.1) is 10.2 Å². The van der Waals surface area contributed by atoms with Crippen LogP contribution in [0.1, 0.15) is 49.1 Å². The Morgan fingerprint density at radius 3 is 2.67 bits per heavy atom. The third kappa shape index (κ3) is 6.28. The summed E-state index contributed by atoms with van der Waals surface area (Å²) in [5.41, 5.74) is 3.30. The number of nitrogens with zero attached hydrogens (tertiary/aromatic N) is 3. The van der Waals surface area contributed by atoms with Crippen LogP contribution >= 0.6 is 11.8 Å². The molecule has 1 aromatic heterocycles. The van der Waals surface area contributed by atoms with E-state index in [9.17, 15) is 4.79 Å². The quantitative estimate of drug-likeness (QED) is 0.457. The second-order valence-electron chi connectivity index (χ2n) is 8.37. The normalized spacial score (nSPS) is 14.1. The van der Waals surface area contributed by atoms with Gasteiger partial charge in [0.15, 0.2) is 11.0 Å². The Bertz CT molecular complexity index is 1060. The molecule has 7 nitrogen and oxygen atoms in total. The summed E-state index contributed by atoms with van der Waals surface area (Å²) in [4.78, 5) is 12.5. The zero-order valence-electron chi connectivity index (χ0n) is 19.2. The van der Waals surface area contributed by atoms with Gasteiger partial charge in [-0.2, -0.15) is 0 Å². The van der Waals surface area contributed by atoms with Crippen molar-refractivity contribution in [3.05, 3.63) is 65.5 Å². The molecule has 1 saturated carbocycles. The van der Waals surface area contributed by atoms with Crippen molar-refractivity contribution in [1.29, 1.82) is 0 Å². The lowest BCUT2D eigenvalue weighted by Crippen LogP contribution is -2.42. The maximum absolute atomic E-state index is 12.5. The number of hydrogen-bond acceptors (Lipinski definition) is 5. The lowest BCUT2D eigenvalue weighted by Gasteiger charge is -2.22. The van der Waals surface area contributed by atoms with E-state index in [2.05, 4.69) is 58.1 Å². The van der Waals surface area contributed by atoms with Gasteiger partial charge in [0.05, 0.1) is 13.7 Å².